The predicted octanol–water partition coefficient (Wildman–Crippen LogP) is 1.72. The van der Waals surface area contributed by atoms with Crippen LogP contribution >= 0.6 is 12.4 Å². The summed E-state index contributed by atoms with van der Waals surface area (Å²) in [6, 6.07) is 5.30. The highest BCUT2D eigenvalue weighted by Gasteiger charge is 2.32. The molecule has 154 valence electrons. The number of amides is 2. The summed E-state index contributed by atoms with van der Waals surface area (Å²) in [6.07, 6.45) is 3.49. The molecule has 0 aromatic heterocycles. The number of nitrogens with zero attached hydrogens (tertiary/aromatic N) is 2. The Morgan fingerprint density at radius 2 is 2.18 bits per heavy atom. The van der Waals surface area contributed by atoms with Crippen molar-refractivity contribution in [2.75, 3.05) is 46.4 Å². The van der Waals surface area contributed by atoms with E-state index in [1.54, 1.807) is 31.4 Å². The van der Waals surface area contributed by atoms with Crippen LogP contribution in [0.4, 0.5) is 0 Å². The summed E-state index contributed by atoms with van der Waals surface area (Å²) in [5.41, 5.74) is 0.560. The second-order valence-corrected chi connectivity index (χ2v) is 6.78. The summed E-state index contributed by atoms with van der Waals surface area (Å²) < 4.78 is 10.9. The van der Waals surface area contributed by atoms with Crippen LogP contribution in [0.5, 0.6) is 11.5 Å². The van der Waals surface area contributed by atoms with Crippen LogP contribution in [-0.2, 0) is 4.79 Å². The lowest BCUT2D eigenvalue weighted by molar-refractivity contribution is -0.135. The summed E-state index contributed by atoms with van der Waals surface area (Å²) in [7, 11) is 1.55. The maximum absolute atomic E-state index is 13.0. The number of carbonyl (C=O) groups excluding carboxylic acids is 2. The average Bonchev–Trinajstić information content (AvgIpc) is 2.72. The van der Waals surface area contributed by atoms with Gasteiger partial charge in [0.1, 0.15) is 6.61 Å². The molecular weight excluding hydrogens is 382 g/mol. The minimum absolute atomic E-state index is 0. The third kappa shape index (κ3) is 4.97. The van der Waals surface area contributed by atoms with E-state index in [0.29, 0.717) is 49.8 Å². The van der Waals surface area contributed by atoms with E-state index in [4.69, 9.17) is 9.47 Å². The Hall–Kier alpha value is -2.25. The minimum Gasteiger partial charge on any atom is -0.493 e. The number of carbonyl (C=O) groups is 2. The van der Waals surface area contributed by atoms with Gasteiger partial charge in [-0.1, -0.05) is 12.7 Å². The van der Waals surface area contributed by atoms with Gasteiger partial charge in [0.05, 0.1) is 13.7 Å². The highest BCUT2D eigenvalue weighted by atomic mass is 35.5. The summed E-state index contributed by atoms with van der Waals surface area (Å²) in [6.45, 7) is 7.16. The number of hydrogen-bond donors (Lipinski definition) is 1. The van der Waals surface area contributed by atoms with E-state index in [0.717, 1.165) is 19.4 Å². The minimum atomic E-state index is -0.0455. The summed E-state index contributed by atoms with van der Waals surface area (Å²) in [5, 5.41) is 3.09. The number of halogens is 1. The number of piperidine rings is 1. The fraction of sp³-hybridized carbons (Fsp3) is 0.500. The molecule has 2 aliphatic heterocycles. The summed E-state index contributed by atoms with van der Waals surface area (Å²) in [5.74, 6) is 1.17. The second kappa shape index (κ2) is 10.3. The lowest BCUT2D eigenvalue weighted by atomic mass is 10.0. The van der Waals surface area contributed by atoms with Crippen molar-refractivity contribution in [3.8, 4) is 11.5 Å². The molecule has 1 atom stereocenters. The van der Waals surface area contributed by atoms with E-state index < -0.39 is 0 Å². The molecule has 7 nitrogen and oxygen atoms in total. The van der Waals surface area contributed by atoms with E-state index in [1.807, 2.05) is 9.80 Å². The summed E-state index contributed by atoms with van der Waals surface area (Å²) in [4.78, 5) is 28.9. The van der Waals surface area contributed by atoms with Crippen LogP contribution in [0.2, 0.25) is 0 Å². The third-order valence-electron chi connectivity index (χ3n) is 5.02. The van der Waals surface area contributed by atoms with Gasteiger partial charge in [-0.15, -0.1) is 12.4 Å². The van der Waals surface area contributed by atoms with E-state index in [1.165, 1.54) is 0 Å². The highest BCUT2D eigenvalue weighted by molar-refractivity contribution is 5.95. The Morgan fingerprint density at radius 1 is 1.36 bits per heavy atom. The number of nitrogens with one attached hydrogen (secondary N) is 1. The number of hydrogen-bond acceptors (Lipinski definition) is 5. The first kappa shape index (κ1) is 22.0. The van der Waals surface area contributed by atoms with Crippen molar-refractivity contribution >= 4 is 24.2 Å². The van der Waals surface area contributed by atoms with Gasteiger partial charge in [0.25, 0.3) is 5.91 Å². The Morgan fingerprint density at radius 3 is 2.89 bits per heavy atom. The summed E-state index contributed by atoms with van der Waals surface area (Å²) >= 11 is 0. The molecule has 8 heteroatoms. The standard InChI is InChI=1S/C20H27N3O4.ClH/c1-3-11-27-17-7-6-15(12-18(17)26-2)20(25)22-9-4-5-16(14-22)23-10-8-21-13-19(23)24;/h3,6-7,12,16,21H,1,4-5,8-11,13-14H2,2H3;1H. The van der Waals surface area contributed by atoms with E-state index >= 15 is 0 Å². The number of likely N-dealkylation sites (tertiary alicyclic amines) is 1. The molecule has 3 rings (SSSR count). The highest BCUT2D eigenvalue weighted by Crippen LogP contribution is 2.29. The van der Waals surface area contributed by atoms with Crippen molar-refractivity contribution in [2.45, 2.75) is 18.9 Å². The molecule has 0 radical (unpaired) electrons. The number of piperazine rings is 1. The number of rotatable bonds is 6. The smallest absolute Gasteiger partial charge is 0.254 e. The molecular formula is C20H28ClN3O4. The Labute approximate surface area is 172 Å². The molecule has 28 heavy (non-hydrogen) atoms. The zero-order valence-corrected chi connectivity index (χ0v) is 17.0. The van der Waals surface area contributed by atoms with Crippen LogP contribution in [0.1, 0.15) is 23.2 Å². The molecule has 2 heterocycles. The van der Waals surface area contributed by atoms with Crippen LogP contribution in [0.25, 0.3) is 0 Å². The molecule has 0 aliphatic carbocycles. The van der Waals surface area contributed by atoms with Crippen LogP contribution < -0.4 is 14.8 Å². The molecule has 0 spiro atoms. The van der Waals surface area contributed by atoms with Crippen molar-refractivity contribution < 1.29 is 19.1 Å². The van der Waals surface area contributed by atoms with Crippen molar-refractivity contribution in [2.24, 2.45) is 0 Å². The molecule has 2 saturated heterocycles. The van der Waals surface area contributed by atoms with Crippen LogP contribution in [-0.4, -0.2) is 74.1 Å². The molecule has 2 amide bonds. The Balaban J connectivity index is 0.00000280. The molecule has 2 aliphatic rings. The molecule has 1 unspecified atom stereocenters. The van der Waals surface area contributed by atoms with Crippen LogP contribution in [0.15, 0.2) is 30.9 Å². The van der Waals surface area contributed by atoms with E-state index in [-0.39, 0.29) is 30.3 Å². The van der Waals surface area contributed by atoms with Gasteiger partial charge in [-0.2, -0.15) is 0 Å². The quantitative estimate of drug-likeness (QED) is 0.724. The first-order valence-corrected chi connectivity index (χ1v) is 9.35. The van der Waals surface area contributed by atoms with Gasteiger partial charge in [0.15, 0.2) is 11.5 Å². The molecule has 2 fully saturated rings. The fourth-order valence-corrected chi connectivity index (χ4v) is 3.65. The second-order valence-electron chi connectivity index (χ2n) is 6.78. The normalized spacial score (nSPS) is 19.6. The third-order valence-corrected chi connectivity index (χ3v) is 5.02. The van der Waals surface area contributed by atoms with Gasteiger partial charge in [0.2, 0.25) is 5.91 Å². The van der Waals surface area contributed by atoms with Crippen molar-refractivity contribution in [3.63, 3.8) is 0 Å². The van der Waals surface area contributed by atoms with Gasteiger partial charge in [0, 0.05) is 37.8 Å². The zero-order valence-electron chi connectivity index (χ0n) is 16.2. The lowest BCUT2D eigenvalue weighted by Gasteiger charge is -2.41. The average molecular weight is 410 g/mol. The van der Waals surface area contributed by atoms with Gasteiger partial charge >= 0.3 is 0 Å². The van der Waals surface area contributed by atoms with Crippen molar-refractivity contribution in [1.29, 1.82) is 0 Å². The maximum Gasteiger partial charge on any atom is 0.254 e. The Kier molecular flexibility index (Phi) is 8.14. The number of methoxy groups -OCH3 is 1. The van der Waals surface area contributed by atoms with Crippen molar-refractivity contribution in [3.05, 3.63) is 36.4 Å². The van der Waals surface area contributed by atoms with E-state index in [9.17, 15) is 9.59 Å². The molecule has 1 aromatic rings. The molecule has 1 aromatic carbocycles. The van der Waals surface area contributed by atoms with Crippen molar-refractivity contribution in [1.82, 2.24) is 15.1 Å². The Bertz CT molecular complexity index is 713. The molecule has 0 bridgehead atoms. The van der Waals surface area contributed by atoms with Gasteiger partial charge in [-0.3, -0.25) is 9.59 Å². The zero-order chi connectivity index (χ0) is 19.2. The SMILES string of the molecule is C=CCOc1ccc(C(=O)N2CCCC(N3CCNCC3=O)C2)cc1OC.Cl. The largest absolute Gasteiger partial charge is 0.493 e. The number of benzene rings is 1. The van der Waals surface area contributed by atoms with Crippen LogP contribution in [0.3, 0.4) is 0 Å². The van der Waals surface area contributed by atoms with Gasteiger partial charge < -0.3 is 24.6 Å². The number of ether oxygens (including phenoxy) is 2. The topological polar surface area (TPSA) is 71.1 Å². The van der Waals surface area contributed by atoms with Gasteiger partial charge in [-0.25, -0.2) is 0 Å². The lowest BCUT2D eigenvalue weighted by Crippen LogP contribution is -2.57. The molecule has 1 N–H and O–H groups in total. The first-order valence-electron chi connectivity index (χ1n) is 9.35. The van der Waals surface area contributed by atoms with Crippen LogP contribution in [0, 0.1) is 0 Å². The fourth-order valence-electron chi connectivity index (χ4n) is 3.65. The monoisotopic (exact) mass is 409 g/mol. The molecule has 0 saturated carbocycles. The van der Waals surface area contributed by atoms with E-state index in [2.05, 4.69) is 11.9 Å². The first-order chi connectivity index (χ1) is 13.1. The van der Waals surface area contributed by atoms with Gasteiger partial charge in [-0.05, 0) is 31.0 Å². The maximum atomic E-state index is 13.0. The predicted molar refractivity (Wildman–Crippen MR) is 109 cm³/mol.